The van der Waals surface area contributed by atoms with Gasteiger partial charge in [-0.05, 0) is 93.6 Å². The van der Waals surface area contributed by atoms with Crippen molar-refractivity contribution in [2.45, 2.75) is 89.0 Å². The molecule has 0 spiro atoms. The lowest BCUT2D eigenvalue weighted by Crippen LogP contribution is -2.62. The second-order valence-electron chi connectivity index (χ2n) is 19.4. The van der Waals surface area contributed by atoms with Crippen LogP contribution < -0.4 is 25.6 Å². The Hall–Kier alpha value is -7.46. The lowest BCUT2D eigenvalue weighted by molar-refractivity contribution is -0.135. The largest absolute Gasteiger partial charge is 0.492 e. The van der Waals surface area contributed by atoms with Crippen molar-refractivity contribution in [2.24, 2.45) is 7.05 Å². The highest BCUT2D eigenvalue weighted by molar-refractivity contribution is 6.02. The molecule has 3 aliphatic heterocycles. The number of aromatic nitrogens is 5. The number of fused-ring (bicyclic) bond motifs is 2. The van der Waals surface area contributed by atoms with E-state index in [1.807, 2.05) is 55.3 Å². The van der Waals surface area contributed by atoms with Gasteiger partial charge in [0.1, 0.15) is 29.3 Å². The maximum Gasteiger partial charge on any atom is 0.254 e. The zero-order valence-electron chi connectivity index (χ0n) is 41.5. The summed E-state index contributed by atoms with van der Waals surface area (Å²) in [5.74, 6) is -1.61. The fraction of sp³-hybridized carbons (Fsp3) is 0.444. The number of ether oxygens (including phenoxy) is 1. The molecule has 2 aromatic carbocycles. The number of pyridine rings is 2. The van der Waals surface area contributed by atoms with Crippen molar-refractivity contribution in [2.75, 3.05) is 69.2 Å². The van der Waals surface area contributed by atoms with Crippen molar-refractivity contribution in [3.05, 3.63) is 102 Å². The Labute approximate surface area is 422 Å². The van der Waals surface area contributed by atoms with Crippen LogP contribution >= 0.6 is 0 Å². The highest BCUT2D eigenvalue weighted by Gasteiger charge is 2.40. The second-order valence-corrected chi connectivity index (χ2v) is 19.4. The number of piperazine rings is 1. The number of imide groups is 1. The molecular formula is C54H62F2N12O5. The fourth-order valence-corrected chi connectivity index (χ4v) is 10.5. The van der Waals surface area contributed by atoms with Crippen molar-refractivity contribution < 1.29 is 32.7 Å². The number of halogens is 2. The number of nitrogens with one attached hydrogen (secondary N) is 3. The van der Waals surface area contributed by atoms with Gasteiger partial charge in [0.05, 0.1) is 58.3 Å². The van der Waals surface area contributed by atoms with Gasteiger partial charge < -0.3 is 25.2 Å². The summed E-state index contributed by atoms with van der Waals surface area (Å²) in [5.41, 5.74) is 4.18. The first-order valence-electron chi connectivity index (χ1n) is 25.5. The van der Waals surface area contributed by atoms with Crippen LogP contribution in [-0.4, -0.2) is 122 Å². The molecule has 3 fully saturated rings. The number of carbonyl (C=O) groups is 4. The van der Waals surface area contributed by atoms with E-state index < -0.39 is 29.0 Å². The highest BCUT2D eigenvalue weighted by Crippen LogP contribution is 2.34. The van der Waals surface area contributed by atoms with Gasteiger partial charge in [-0.3, -0.25) is 34.1 Å². The van der Waals surface area contributed by atoms with Crippen LogP contribution in [0.3, 0.4) is 0 Å². The summed E-state index contributed by atoms with van der Waals surface area (Å²) in [4.78, 5) is 62.3. The highest BCUT2D eigenvalue weighted by atomic mass is 19.1. The van der Waals surface area contributed by atoms with E-state index in [9.17, 15) is 33.2 Å². The molecule has 9 rings (SSSR count). The number of aryl methyl sites for hydroxylation is 1. The number of unbranched alkanes of at least 4 members (excludes halogenated alkanes) is 5. The molecule has 0 aliphatic carbocycles. The number of rotatable bonds is 19. The topological polar surface area (TPSA) is 195 Å². The van der Waals surface area contributed by atoms with Crippen molar-refractivity contribution in [3.63, 3.8) is 0 Å². The van der Waals surface area contributed by atoms with Crippen molar-refractivity contribution in [1.82, 2.24) is 44.8 Å². The van der Waals surface area contributed by atoms with E-state index in [0.29, 0.717) is 107 Å². The van der Waals surface area contributed by atoms with E-state index >= 15 is 0 Å². The van der Waals surface area contributed by atoms with Gasteiger partial charge in [0.2, 0.25) is 17.7 Å². The van der Waals surface area contributed by atoms with E-state index in [1.165, 1.54) is 6.20 Å². The number of piperidine rings is 2. The van der Waals surface area contributed by atoms with Crippen molar-refractivity contribution in [1.29, 1.82) is 5.26 Å². The minimum Gasteiger partial charge on any atom is -0.492 e. The minimum absolute atomic E-state index is 0.150. The average molecular weight is 997 g/mol. The van der Waals surface area contributed by atoms with E-state index in [-0.39, 0.29) is 23.3 Å². The lowest BCUT2D eigenvalue weighted by Gasteiger charge is -2.46. The molecule has 3 saturated heterocycles. The van der Waals surface area contributed by atoms with Crippen LogP contribution in [0.2, 0.25) is 0 Å². The predicted molar refractivity (Wildman–Crippen MR) is 272 cm³/mol. The summed E-state index contributed by atoms with van der Waals surface area (Å²) in [7, 11) is 1.87. The van der Waals surface area contributed by atoms with Crippen LogP contribution in [0.15, 0.2) is 73.2 Å². The monoisotopic (exact) mass is 996 g/mol. The summed E-state index contributed by atoms with van der Waals surface area (Å²) in [5, 5.41) is 28.8. The fourth-order valence-electron chi connectivity index (χ4n) is 10.5. The van der Waals surface area contributed by atoms with E-state index in [4.69, 9.17) is 9.72 Å². The van der Waals surface area contributed by atoms with E-state index in [0.717, 1.165) is 96.8 Å². The summed E-state index contributed by atoms with van der Waals surface area (Å²) < 4.78 is 38.4. The summed E-state index contributed by atoms with van der Waals surface area (Å²) in [6.45, 7) is 7.16. The second kappa shape index (κ2) is 22.5. The minimum atomic E-state index is -0.792. The summed E-state index contributed by atoms with van der Waals surface area (Å²) in [6.07, 6.45) is 13.4. The van der Waals surface area contributed by atoms with Gasteiger partial charge in [0.25, 0.3) is 5.91 Å². The molecule has 0 radical (unpaired) electrons. The van der Waals surface area contributed by atoms with Crippen molar-refractivity contribution >= 4 is 51.6 Å². The van der Waals surface area contributed by atoms with Crippen LogP contribution in [0, 0.1) is 23.0 Å². The van der Waals surface area contributed by atoms with Crippen LogP contribution in [0.1, 0.15) is 105 Å². The normalized spacial score (nSPS) is 17.2. The molecule has 3 N–H and O–H groups in total. The molecule has 17 nitrogen and oxygen atoms in total. The Kier molecular flexibility index (Phi) is 15.6. The van der Waals surface area contributed by atoms with Gasteiger partial charge in [-0.15, -0.1) is 0 Å². The van der Waals surface area contributed by atoms with Crippen LogP contribution in [-0.2, 0) is 21.4 Å². The molecule has 0 saturated carbocycles. The summed E-state index contributed by atoms with van der Waals surface area (Å²) in [6, 6.07) is 16.9. The Morgan fingerprint density at radius 1 is 0.932 bits per heavy atom. The molecule has 382 valence electrons. The number of hydrogen-bond acceptors (Lipinski definition) is 12. The van der Waals surface area contributed by atoms with E-state index in [2.05, 4.69) is 42.0 Å². The molecule has 1 atom stereocenters. The maximum absolute atomic E-state index is 14.9. The predicted octanol–water partition coefficient (Wildman–Crippen LogP) is 7.11. The van der Waals surface area contributed by atoms with Crippen LogP contribution in [0.4, 0.5) is 20.3 Å². The van der Waals surface area contributed by atoms with E-state index in [1.54, 1.807) is 21.6 Å². The number of benzene rings is 2. The number of amides is 4. The van der Waals surface area contributed by atoms with Gasteiger partial charge in [0, 0.05) is 101 Å². The van der Waals surface area contributed by atoms with Gasteiger partial charge in [-0.25, -0.2) is 18.3 Å². The molecule has 4 aromatic heterocycles. The third kappa shape index (κ3) is 11.6. The molecule has 1 unspecified atom stereocenters. The molecular weight excluding hydrogens is 935 g/mol. The molecule has 6 aromatic rings. The van der Waals surface area contributed by atoms with Crippen molar-refractivity contribution in [3.8, 4) is 22.9 Å². The zero-order chi connectivity index (χ0) is 51.1. The molecule has 0 bridgehead atoms. The molecule has 73 heavy (non-hydrogen) atoms. The molecule has 7 heterocycles. The Balaban J connectivity index is 0.726. The van der Waals surface area contributed by atoms with Gasteiger partial charge in [0.15, 0.2) is 0 Å². The summed E-state index contributed by atoms with van der Waals surface area (Å²) >= 11 is 0. The third-order valence-electron chi connectivity index (χ3n) is 14.5. The standard InChI is InChI=1S/C54H62F2N12O5/c1-3-73-40-30-43(51-37(31-57)33-60-68(51)34-40)36-11-17-47(59-32-36)66-22-19-54(20-23-66,62-53(72)44-28-38(55)12-16-45(44)56)35-65-24-26-67(27-25-65)49(70)10-8-6-4-5-7-9-21-58-39-13-14-41-46(29-39)64(2)63-50(41)42-15-18-48(69)61-52(42)71/h11-14,16-17,28-30,32-34,42,58H,3-10,15,18-27,35H2,1-2H3,(H,62,72)(H,61,69,71). The van der Waals surface area contributed by atoms with Crippen LogP contribution in [0.25, 0.3) is 27.5 Å². The molecule has 19 heteroatoms. The number of anilines is 2. The quantitative estimate of drug-likeness (QED) is 0.0551. The number of carbonyl (C=O) groups excluding carboxylic acids is 4. The molecule has 3 aliphatic rings. The number of hydrogen-bond donors (Lipinski definition) is 3. The van der Waals surface area contributed by atoms with Crippen LogP contribution in [0.5, 0.6) is 5.75 Å². The number of nitrogens with zero attached hydrogens (tertiary/aromatic N) is 9. The number of nitriles is 1. The smallest absolute Gasteiger partial charge is 0.254 e. The first-order valence-corrected chi connectivity index (χ1v) is 25.5. The maximum atomic E-state index is 14.9. The molecule has 4 amide bonds. The average Bonchev–Trinajstić information content (AvgIpc) is 3.96. The van der Waals surface area contributed by atoms with Gasteiger partial charge >= 0.3 is 0 Å². The Morgan fingerprint density at radius 2 is 1.71 bits per heavy atom. The SMILES string of the molecule is CCOc1cc(-c2ccc(N3CCC(CN4CCN(C(=O)CCCCCCCCNc5ccc6c(C7CCC(=O)NC7=O)nn(C)c6c5)CC4)(NC(=O)c4cc(F)ccc4F)CC3)nc2)c2c(C#N)cnn2c1. The first kappa shape index (κ1) is 50.5. The first-order chi connectivity index (χ1) is 35.4. The van der Waals surface area contributed by atoms with Gasteiger partial charge in [-0.2, -0.15) is 15.5 Å². The Morgan fingerprint density at radius 3 is 2.45 bits per heavy atom. The Bertz CT molecular complexity index is 3020. The van der Waals surface area contributed by atoms with Gasteiger partial charge in [-0.1, -0.05) is 25.7 Å². The third-order valence-corrected chi connectivity index (χ3v) is 14.5. The lowest BCUT2D eigenvalue weighted by atomic mass is 9.86. The zero-order valence-corrected chi connectivity index (χ0v) is 41.5.